The number of carboxylic acid groups (broad SMARTS) is 1. The number of carbonyl (C=O) groups is 3. The maximum Gasteiger partial charge on any atom is 0.362 e. The van der Waals surface area contributed by atoms with Crippen molar-refractivity contribution in [3.63, 3.8) is 0 Å². The Morgan fingerprint density at radius 2 is 0.647 bits per heavy atom. The van der Waals surface area contributed by atoms with Crippen molar-refractivity contribution in [1.29, 1.82) is 0 Å². The fourth-order valence-corrected chi connectivity index (χ4v) is 9.63. The van der Waals surface area contributed by atoms with Crippen molar-refractivity contribution in [2.45, 2.75) is 328 Å². The molecular weight excluding hydrogens is 847 g/mol. The summed E-state index contributed by atoms with van der Waals surface area (Å²) in [5, 5.41) is 9.68. The summed E-state index contributed by atoms with van der Waals surface area (Å²) in [5.41, 5.74) is 0. The van der Waals surface area contributed by atoms with Crippen LogP contribution in [0.1, 0.15) is 316 Å². The van der Waals surface area contributed by atoms with Gasteiger partial charge in [0.15, 0.2) is 12.1 Å². The Balaban J connectivity index is 4.08. The van der Waals surface area contributed by atoms with E-state index >= 15 is 0 Å². The Kier molecular flexibility index (Phi) is 50.4. The second-order valence-electron chi connectivity index (χ2n) is 22.0. The molecule has 0 amide bonds. The Labute approximate surface area is 423 Å². The summed E-state index contributed by atoms with van der Waals surface area (Å²) in [6.45, 7) is 4.82. The molecule has 0 fully saturated rings. The SMILES string of the molecule is CCCCCCCCCCCCCCCCCCCCCCCCCC(=O)OC(COCCC(C(=O)O)[N+](C)(C)C)COC(=O)CCCCCCCCCCCCCCCCCCCCCCC. The zero-order valence-electron chi connectivity index (χ0n) is 46.4. The number of aliphatic carboxylic acids is 1. The molecule has 0 heterocycles. The minimum atomic E-state index is -0.867. The minimum absolute atomic E-state index is 0.0408. The minimum Gasteiger partial charge on any atom is -0.477 e. The third-order valence-electron chi connectivity index (χ3n) is 14.3. The van der Waals surface area contributed by atoms with Gasteiger partial charge in [0.05, 0.1) is 34.4 Å². The summed E-state index contributed by atoms with van der Waals surface area (Å²) >= 11 is 0. The van der Waals surface area contributed by atoms with Gasteiger partial charge in [0.25, 0.3) is 0 Å². The molecule has 0 saturated carbocycles. The number of hydrogen-bond acceptors (Lipinski definition) is 6. The van der Waals surface area contributed by atoms with E-state index in [1.54, 1.807) is 0 Å². The molecule has 0 rings (SSSR count). The van der Waals surface area contributed by atoms with Gasteiger partial charge < -0.3 is 23.8 Å². The molecule has 0 bridgehead atoms. The van der Waals surface area contributed by atoms with Gasteiger partial charge in [-0.15, -0.1) is 0 Å². The Bertz CT molecular complexity index is 1080. The number of quaternary nitrogens is 1. The summed E-state index contributed by atoms with van der Waals surface area (Å²) in [4.78, 5) is 37.3. The third kappa shape index (κ3) is 49.3. The van der Waals surface area contributed by atoms with Crippen molar-refractivity contribution >= 4 is 17.9 Å². The van der Waals surface area contributed by atoms with Gasteiger partial charge in [0, 0.05) is 19.3 Å². The molecule has 8 heteroatoms. The molecule has 0 aliphatic rings. The van der Waals surface area contributed by atoms with Crippen molar-refractivity contribution in [2.24, 2.45) is 0 Å². The van der Waals surface area contributed by atoms with Crippen LogP contribution in [0.15, 0.2) is 0 Å². The summed E-state index contributed by atoms with van der Waals surface area (Å²) in [5.74, 6) is -1.43. The first-order valence-electron chi connectivity index (χ1n) is 30.1. The van der Waals surface area contributed by atoms with Gasteiger partial charge in [-0.1, -0.05) is 284 Å². The van der Waals surface area contributed by atoms with Gasteiger partial charge >= 0.3 is 17.9 Å². The van der Waals surface area contributed by atoms with Crippen LogP contribution in [0.2, 0.25) is 0 Å². The number of carbonyl (C=O) groups excluding carboxylic acids is 2. The van der Waals surface area contributed by atoms with Crippen LogP contribution in [0.4, 0.5) is 0 Å². The molecule has 1 N–H and O–H groups in total. The molecule has 8 nitrogen and oxygen atoms in total. The molecule has 68 heavy (non-hydrogen) atoms. The molecule has 2 unspecified atom stereocenters. The normalized spacial score (nSPS) is 12.7. The lowest BCUT2D eigenvalue weighted by molar-refractivity contribution is -0.887. The van der Waals surface area contributed by atoms with Gasteiger partial charge in [-0.3, -0.25) is 9.59 Å². The predicted molar refractivity (Wildman–Crippen MR) is 289 cm³/mol. The number of unbranched alkanes of at least 4 members (excludes halogenated alkanes) is 42. The second-order valence-corrected chi connectivity index (χ2v) is 22.0. The van der Waals surface area contributed by atoms with E-state index in [0.29, 0.717) is 19.3 Å². The quantitative estimate of drug-likeness (QED) is 0.0368. The molecule has 0 aliphatic carbocycles. The summed E-state index contributed by atoms with van der Waals surface area (Å²) in [7, 11) is 5.56. The van der Waals surface area contributed by atoms with E-state index < -0.39 is 18.1 Å². The van der Waals surface area contributed by atoms with E-state index in [0.717, 1.165) is 38.5 Å². The van der Waals surface area contributed by atoms with Crippen molar-refractivity contribution in [2.75, 3.05) is 41.0 Å². The molecule has 0 aromatic heterocycles. The van der Waals surface area contributed by atoms with Crippen LogP contribution in [-0.2, 0) is 28.6 Å². The number of nitrogens with zero attached hydrogens (tertiary/aromatic N) is 1. The van der Waals surface area contributed by atoms with E-state index in [2.05, 4.69) is 13.8 Å². The maximum absolute atomic E-state index is 12.9. The highest BCUT2D eigenvalue weighted by molar-refractivity contribution is 5.72. The lowest BCUT2D eigenvalue weighted by Crippen LogP contribution is -2.50. The van der Waals surface area contributed by atoms with Crippen LogP contribution >= 0.6 is 0 Å². The zero-order chi connectivity index (χ0) is 49.9. The molecular formula is C60H118NO7+. The van der Waals surface area contributed by atoms with E-state index in [9.17, 15) is 19.5 Å². The lowest BCUT2D eigenvalue weighted by Gasteiger charge is -2.31. The highest BCUT2D eigenvalue weighted by Gasteiger charge is 2.31. The monoisotopic (exact) mass is 965 g/mol. The third-order valence-corrected chi connectivity index (χ3v) is 14.3. The summed E-state index contributed by atoms with van der Waals surface area (Å²) < 4.78 is 17.5. The first-order chi connectivity index (χ1) is 33.1. The van der Waals surface area contributed by atoms with Crippen molar-refractivity contribution in [3.8, 4) is 0 Å². The number of carboxylic acids is 1. The molecule has 404 valence electrons. The van der Waals surface area contributed by atoms with Gasteiger partial charge in [-0.2, -0.15) is 0 Å². The van der Waals surface area contributed by atoms with E-state index in [1.165, 1.54) is 244 Å². The van der Waals surface area contributed by atoms with Crippen LogP contribution in [0.5, 0.6) is 0 Å². The fourth-order valence-electron chi connectivity index (χ4n) is 9.63. The Morgan fingerprint density at radius 3 is 0.912 bits per heavy atom. The van der Waals surface area contributed by atoms with Crippen molar-refractivity contribution in [1.82, 2.24) is 0 Å². The second kappa shape index (κ2) is 51.7. The number of esters is 2. The highest BCUT2D eigenvalue weighted by atomic mass is 16.6. The molecule has 0 aromatic rings. The molecule has 0 spiro atoms. The highest BCUT2D eigenvalue weighted by Crippen LogP contribution is 2.18. The van der Waals surface area contributed by atoms with Crippen LogP contribution < -0.4 is 0 Å². The van der Waals surface area contributed by atoms with E-state index in [1.807, 2.05) is 21.1 Å². The average molecular weight is 966 g/mol. The number of rotatable bonds is 56. The van der Waals surface area contributed by atoms with E-state index in [-0.39, 0.29) is 36.2 Å². The van der Waals surface area contributed by atoms with Gasteiger partial charge in [-0.05, 0) is 12.8 Å². The van der Waals surface area contributed by atoms with E-state index in [4.69, 9.17) is 14.2 Å². The van der Waals surface area contributed by atoms with Crippen LogP contribution in [0, 0.1) is 0 Å². The summed E-state index contributed by atoms with van der Waals surface area (Å²) in [6, 6.07) is -0.610. The van der Waals surface area contributed by atoms with Crippen molar-refractivity contribution in [3.05, 3.63) is 0 Å². The summed E-state index contributed by atoms with van der Waals surface area (Å²) in [6.07, 6.45) is 58.9. The maximum atomic E-state index is 12.9. The average Bonchev–Trinajstić information content (AvgIpc) is 3.30. The number of likely N-dealkylation sites (N-methyl/N-ethyl adjacent to an activating group) is 1. The largest absolute Gasteiger partial charge is 0.477 e. The first kappa shape index (κ1) is 66.3. The zero-order valence-corrected chi connectivity index (χ0v) is 46.4. The predicted octanol–water partition coefficient (Wildman–Crippen LogP) is 18.0. The van der Waals surface area contributed by atoms with Crippen molar-refractivity contribution < 1.29 is 38.2 Å². The van der Waals surface area contributed by atoms with Crippen LogP contribution in [0.25, 0.3) is 0 Å². The standard InChI is InChI=1S/C60H117NO7/c1-6-8-10-12-14-16-18-20-22-24-26-28-29-31-33-35-37-39-41-43-45-47-49-51-59(63)68-56(54-66-53-52-57(60(64)65)61(3,4)5)55-67-58(62)50-48-46-44-42-40-38-36-34-32-30-27-25-23-21-19-17-15-13-11-9-7-2/h56-57H,6-55H2,1-5H3/p+1. The first-order valence-corrected chi connectivity index (χ1v) is 30.1. The number of ether oxygens (including phenoxy) is 3. The Hall–Kier alpha value is -1.67. The van der Waals surface area contributed by atoms with Crippen LogP contribution in [-0.4, -0.2) is 80.6 Å². The molecule has 0 aromatic carbocycles. The van der Waals surface area contributed by atoms with Gasteiger partial charge in [0.1, 0.15) is 6.61 Å². The molecule has 0 saturated heterocycles. The topological polar surface area (TPSA) is 99.1 Å². The number of hydrogen-bond donors (Lipinski definition) is 1. The lowest BCUT2D eigenvalue weighted by atomic mass is 10.0. The fraction of sp³-hybridized carbons (Fsp3) is 0.950. The van der Waals surface area contributed by atoms with Crippen LogP contribution in [0.3, 0.4) is 0 Å². The molecule has 0 aliphatic heterocycles. The molecule has 0 radical (unpaired) electrons. The molecule has 2 atom stereocenters. The Morgan fingerprint density at radius 1 is 0.382 bits per heavy atom. The van der Waals surface area contributed by atoms with Gasteiger partial charge in [-0.25, -0.2) is 4.79 Å². The van der Waals surface area contributed by atoms with Gasteiger partial charge in [0.2, 0.25) is 0 Å². The smallest absolute Gasteiger partial charge is 0.362 e.